The van der Waals surface area contributed by atoms with E-state index in [4.69, 9.17) is 4.74 Å². The Morgan fingerprint density at radius 1 is 1.53 bits per heavy atom. The van der Waals surface area contributed by atoms with E-state index in [1.165, 1.54) is 12.1 Å². The summed E-state index contributed by atoms with van der Waals surface area (Å²) in [6.45, 7) is 2.54. The second-order valence-electron chi connectivity index (χ2n) is 4.26. The predicted molar refractivity (Wildman–Crippen MR) is 70.4 cm³/mol. The molecule has 0 heterocycles. The highest BCUT2D eigenvalue weighted by atomic mass is 19.1. The van der Waals surface area contributed by atoms with Crippen LogP contribution in [0.1, 0.15) is 26.2 Å². The van der Waals surface area contributed by atoms with Gasteiger partial charge in [-0.25, -0.2) is 4.39 Å². The van der Waals surface area contributed by atoms with Gasteiger partial charge in [0.05, 0.1) is 19.1 Å². The van der Waals surface area contributed by atoms with Crippen molar-refractivity contribution in [1.82, 2.24) is 5.32 Å². The summed E-state index contributed by atoms with van der Waals surface area (Å²) in [4.78, 5) is 11.4. The number of halogens is 1. The van der Waals surface area contributed by atoms with Gasteiger partial charge in [0, 0.05) is 12.6 Å². The topological polar surface area (TPSA) is 58.6 Å². The van der Waals surface area contributed by atoms with Crippen LogP contribution in [0.2, 0.25) is 0 Å². The third-order valence-corrected chi connectivity index (χ3v) is 2.66. The highest BCUT2D eigenvalue weighted by molar-refractivity contribution is 5.75. The van der Waals surface area contributed by atoms with Crippen LogP contribution in [0.4, 0.5) is 4.39 Å². The van der Waals surface area contributed by atoms with Crippen molar-refractivity contribution < 1.29 is 19.0 Å². The second kappa shape index (κ2) is 8.48. The summed E-state index contributed by atoms with van der Waals surface area (Å²) in [6, 6.07) is 5.80. The van der Waals surface area contributed by atoms with Gasteiger partial charge in [-0.15, -0.1) is 0 Å². The molecule has 1 amide bonds. The van der Waals surface area contributed by atoms with E-state index < -0.39 is 0 Å². The Balaban J connectivity index is 2.13. The molecule has 0 spiro atoms. The third kappa shape index (κ3) is 6.76. The van der Waals surface area contributed by atoms with Gasteiger partial charge in [0.25, 0.3) is 0 Å². The maximum atomic E-state index is 12.8. The number of benzene rings is 1. The smallest absolute Gasteiger partial charge is 0.223 e. The molecule has 1 aromatic rings. The number of aliphatic hydroxyl groups is 1. The van der Waals surface area contributed by atoms with Crippen molar-refractivity contribution in [2.75, 3.05) is 13.2 Å². The summed E-state index contributed by atoms with van der Waals surface area (Å²) in [7, 11) is 0. The fourth-order valence-corrected chi connectivity index (χ4v) is 1.49. The van der Waals surface area contributed by atoms with Gasteiger partial charge >= 0.3 is 0 Å². The number of carbonyl (C=O) groups excluding carboxylic acids is 1. The van der Waals surface area contributed by atoms with Crippen molar-refractivity contribution in [3.8, 4) is 5.75 Å². The van der Waals surface area contributed by atoms with E-state index in [0.717, 1.165) is 0 Å². The number of amides is 1. The van der Waals surface area contributed by atoms with Crippen LogP contribution < -0.4 is 10.1 Å². The maximum absolute atomic E-state index is 12.8. The molecule has 0 saturated carbocycles. The van der Waals surface area contributed by atoms with Gasteiger partial charge in [0.1, 0.15) is 11.6 Å². The first-order valence-corrected chi connectivity index (χ1v) is 6.45. The van der Waals surface area contributed by atoms with E-state index in [9.17, 15) is 14.3 Å². The lowest BCUT2D eigenvalue weighted by Gasteiger charge is -2.09. The molecule has 2 N–H and O–H groups in total. The van der Waals surface area contributed by atoms with Crippen LogP contribution in [0.5, 0.6) is 5.75 Å². The summed E-state index contributed by atoms with van der Waals surface area (Å²) in [5, 5.41) is 12.0. The maximum Gasteiger partial charge on any atom is 0.223 e. The number of hydrogen-bond donors (Lipinski definition) is 2. The van der Waals surface area contributed by atoms with Crippen LogP contribution in [0.15, 0.2) is 24.3 Å². The highest BCUT2D eigenvalue weighted by Gasteiger charge is 2.04. The van der Waals surface area contributed by atoms with Crippen molar-refractivity contribution in [2.45, 2.75) is 32.3 Å². The second-order valence-corrected chi connectivity index (χ2v) is 4.26. The van der Waals surface area contributed by atoms with E-state index in [0.29, 0.717) is 25.1 Å². The summed E-state index contributed by atoms with van der Waals surface area (Å²) in [5.74, 6) is -0.0931. The average Bonchev–Trinajstić information content (AvgIpc) is 2.38. The number of hydrogen-bond acceptors (Lipinski definition) is 3. The Labute approximate surface area is 112 Å². The molecule has 1 rings (SSSR count). The largest absolute Gasteiger partial charge is 0.493 e. The van der Waals surface area contributed by atoms with Crippen LogP contribution in [-0.2, 0) is 4.79 Å². The number of rotatable bonds is 8. The first kappa shape index (κ1) is 15.4. The molecule has 0 aromatic heterocycles. The minimum Gasteiger partial charge on any atom is -0.493 e. The molecule has 0 bridgehead atoms. The predicted octanol–water partition coefficient (Wildman–Crippen LogP) is 1.87. The lowest BCUT2D eigenvalue weighted by Crippen LogP contribution is -2.28. The Bertz CT molecular complexity index is 398. The molecule has 0 aliphatic carbocycles. The van der Waals surface area contributed by atoms with E-state index in [-0.39, 0.29) is 30.9 Å². The highest BCUT2D eigenvalue weighted by Crippen LogP contribution is 2.11. The first-order valence-electron chi connectivity index (χ1n) is 6.45. The van der Waals surface area contributed by atoms with Gasteiger partial charge in [0.15, 0.2) is 0 Å². The Morgan fingerprint density at radius 3 is 3.00 bits per heavy atom. The lowest BCUT2D eigenvalue weighted by atomic mass is 10.2. The Hall–Kier alpha value is -1.62. The normalized spacial score (nSPS) is 11.9. The molecule has 1 atom stereocenters. The standard InChI is InChI=1S/C14H20FNO3/c1-2-12(17)6-8-16-14(18)7-9-19-13-5-3-4-11(15)10-13/h3-5,10,12,17H,2,6-9H2,1H3,(H,16,18). The fraction of sp³-hybridized carbons (Fsp3) is 0.500. The van der Waals surface area contributed by atoms with E-state index in [2.05, 4.69) is 5.32 Å². The van der Waals surface area contributed by atoms with Crippen LogP contribution in [0, 0.1) is 5.82 Å². The monoisotopic (exact) mass is 269 g/mol. The van der Waals surface area contributed by atoms with E-state index in [1.54, 1.807) is 12.1 Å². The zero-order chi connectivity index (χ0) is 14.1. The summed E-state index contributed by atoms with van der Waals surface area (Å²) < 4.78 is 18.1. The van der Waals surface area contributed by atoms with E-state index in [1.807, 2.05) is 6.92 Å². The van der Waals surface area contributed by atoms with Crippen molar-refractivity contribution >= 4 is 5.91 Å². The van der Waals surface area contributed by atoms with Gasteiger partial charge < -0.3 is 15.2 Å². The van der Waals surface area contributed by atoms with Crippen LogP contribution in [-0.4, -0.2) is 30.3 Å². The Morgan fingerprint density at radius 2 is 2.32 bits per heavy atom. The molecule has 0 saturated heterocycles. The number of carbonyl (C=O) groups is 1. The molecule has 106 valence electrons. The van der Waals surface area contributed by atoms with Gasteiger partial charge in [-0.3, -0.25) is 4.79 Å². The minimum atomic E-state index is -0.371. The van der Waals surface area contributed by atoms with Crippen molar-refractivity contribution in [2.24, 2.45) is 0 Å². The minimum absolute atomic E-state index is 0.139. The molecule has 5 heteroatoms. The molecule has 0 fully saturated rings. The molecule has 19 heavy (non-hydrogen) atoms. The van der Waals surface area contributed by atoms with Crippen LogP contribution >= 0.6 is 0 Å². The molecular formula is C14H20FNO3. The zero-order valence-electron chi connectivity index (χ0n) is 11.1. The van der Waals surface area contributed by atoms with Crippen molar-refractivity contribution in [3.63, 3.8) is 0 Å². The van der Waals surface area contributed by atoms with Crippen LogP contribution in [0.3, 0.4) is 0 Å². The van der Waals surface area contributed by atoms with Crippen molar-refractivity contribution in [3.05, 3.63) is 30.1 Å². The van der Waals surface area contributed by atoms with Crippen molar-refractivity contribution in [1.29, 1.82) is 0 Å². The fourth-order valence-electron chi connectivity index (χ4n) is 1.49. The third-order valence-electron chi connectivity index (χ3n) is 2.66. The molecular weight excluding hydrogens is 249 g/mol. The zero-order valence-corrected chi connectivity index (χ0v) is 11.1. The van der Waals surface area contributed by atoms with Gasteiger partial charge in [0.2, 0.25) is 5.91 Å². The molecule has 1 unspecified atom stereocenters. The Kier molecular flexibility index (Phi) is 6.89. The summed E-state index contributed by atoms with van der Waals surface area (Å²) in [6.07, 6.45) is 1.06. The van der Waals surface area contributed by atoms with Gasteiger partial charge in [-0.05, 0) is 25.0 Å². The number of ether oxygens (including phenoxy) is 1. The van der Waals surface area contributed by atoms with Gasteiger partial charge in [-0.2, -0.15) is 0 Å². The number of aliphatic hydroxyl groups excluding tert-OH is 1. The molecule has 0 radical (unpaired) electrons. The lowest BCUT2D eigenvalue weighted by molar-refractivity contribution is -0.121. The molecule has 0 aliphatic heterocycles. The SMILES string of the molecule is CCC(O)CCNC(=O)CCOc1cccc(F)c1. The van der Waals surface area contributed by atoms with Gasteiger partial charge in [-0.1, -0.05) is 13.0 Å². The molecule has 1 aromatic carbocycles. The quantitative estimate of drug-likeness (QED) is 0.757. The number of nitrogens with one attached hydrogen (secondary N) is 1. The molecule has 0 aliphatic rings. The van der Waals surface area contributed by atoms with E-state index >= 15 is 0 Å². The summed E-state index contributed by atoms with van der Waals surface area (Å²) in [5.41, 5.74) is 0. The average molecular weight is 269 g/mol. The summed E-state index contributed by atoms with van der Waals surface area (Å²) >= 11 is 0. The molecule has 4 nitrogen and oxygen atoms in total. The van der Waals surface area contributed by atoms with Crippen LogP contribution in [0.25, 0.3) is 0 Å². The first-order chi connectivity index (χ1) is 9.11.